The first-order valence-corrected chi connectivity index (χ1v) is 12.0. The van der Waals surface area contributed by atoms with Crippen molar-refractivity contribution in [2.75, 3.05) is 52.9 Å². The Balaban J connectivity index is 2.32. The van der Waals surface area contributed by atoms with E-state index in [0.717, 1.165) is 32.5 Å². The molecule has 0 saturated carbocycles. The number of epoxide rings is 1. The highest BCUT2D eigenvalue weighted by Crippen LogP contribution is 2.36. The van der Waals surface area contributed by atoms with Gasteiger partial charge >= 0.3 is 0 Å². The maximum atomic E-state index is 6.34. The minimum Gasteiger partial charge on any atom is -0.379 e. The molecule has 1 fully saturated rings. The highest BCUT2D eigenvalue weighted by Gasteiger charge is 2.40. The Morgan fingerprint density at radius 3 is 1.94 bits per heavy atom. The van der Waals surface area contributed by atoms with Crippen LogP contribution in [0.3, 0.4) is 0 Å². The molecule has 1 rings (SSSR count). The van der Waals surface area contributed by atoms with Gasteiger partial charge in [0.15, 0.2) is 0 Å². The van der Waals surface area contributed by atoms with Crippen LogP contribution < -0.4 is 0 Å². The van der Waals surface area contributed by atoms with Crippen LogP contribution in [0.5, 0.6) is 0 Å². The molecule has 0 amide bonds. The van der Waals surface area contributed by atoms with E-state index in [1.54, 1.807) is 0 Å². The fourth-order valence-electron chi connectivity index (χ4n) is 2.76. The van der Waals surface area contributed by atoms with Crippen molar-refractivity contribution in [2.45, 2.75) is 104 Å². The van der Waals surface area contributed by atoms with Gasteiger partial charge in [-0.25, -0.2) is 0 Å². The van der Waals surface area contributed by atoms with Gasteiger partial charge in [0.2, 0.25) is 0 Å². The van der Waals surface area contributed by atoms with Crippen LogP contribution >= 0.6 is 0 Å². The third kappa shape index (κ3) is 12.5. The Labute approximate surface area is 191 Å². The molecule has 0 N–H and O–H groups in total. The number of hydrogen-bond donors (Lipinski definition) is 0. The van der Waals surface area contributed by atoms with Crippen LogP contribution in [0.25, 0.3) is 0 Å². The van der Waals surface area contributed by atoms with Crippen LogP contribution in [0, 0.1) is 5.41 Å². The average Bonchev–Trinajstić information content (AvgIpc) is 3.47. The summed E-state index contributed by atoms with van der Waals surface area (Å²) in [5.74, 6) is 0. The fraction of sp³-hybridized carbons (Fsp3) is 1.00. The van der Waals surface area contributed by atoms with Crippen LogP contribution in [0.4, 0.5) is 0 Å². The molecule has 1 unspecified atom stereocenters. The van der Waals surface area contributed by atoms with Crippen molar-refractivity contribution in [3.05, 3.63) is 0 Å². The molecule has 0 aliphatic carbocycles. The molecule has 186 valence electrons. The summed E-state index contributed by atoms with van der Waals surface area (Å²) in [6.45, 7) is 24.8. The van der Waals surface area contributed by atoms with E-state index in [2.05, 4.69) is 62.3 Å². The predicted molar refractivity (Wildman–Crippen MR) is 125 cm³/mol. The summed E-state index contributed by atoms with van der Waals surface area (Å²) < 4.78 is 35.0. The van der Waals surface area contributed by atoms with E-state index in [1.165, 1.54) is 0 Å². The van der Waals surface area contributed by atoms with E-state index in [4.69, 9.17) is 28.4 Å². The normalized spacial score (nSPS) is 17.9. The first-order chi connectivity index (χ1) is 14.3. The highest BCUT2D eigenvalue weighted by atomic mass is 16.6. The lowest BCUT2D eigenvalue weighted by molar-refractivity contribution is -0.159. The molecule has 0 aromatic heterocycles. The van der Waals surface area contributed by atoms with Crippen molar-refractivity contribution in [2.24, 2.45) is 5.41 Å². The Hall–Kier alpha value is -0.240. The van der Waals surface area contributed by atoms with Crippen molar-refractivity contribution in [3.63, 3.8) is 0 Å². The lowest BCUT2D eigenvalue weighted by Gasteiger charge is -2.43. The van der Waals surface area contributed by atoms with Crippen molar-refractivity contribution in [1.82, 2.24) is 0 Å². The van der Waals surface area contributed by atoms with Gasteiger partial charge in [0.25, 0.3) is 0 Å². The van der Waals surface area contributed by atoms with Crippen LogP contribution in [0.2, 0.25) is 0 Å². The molecule has 0 spiro atoms. The number of rotatable bonds is 19. The lowest BCUT2D eigenvalue weighted by atomic mass is 9.77. The standard InChI is InChI=1S/C25H50O6/c1-10-13-26-16-17-29-23(4,5)12-15-30-25(8,9)22(2,3)20-31-24(6,7)11-14-27-18-21-19-28-21/h21H,10-20H2,1-9H3. The molecule has 1 atom stereocenters. The summed E-state index contributed by atoms with van der Waals surface area (Å²) in [7, 11) is 0. The first kappa shape index (κ1) is 28.8. The zero-order chi connectivity index (χ0) is 23.6. The van der Waals surface area contributed by atoms with E-state index >= 15 is 0 Å². The molecule has 1 heterocycles. The zero-order valence-electron chi connectivity index (χ0n) is 21.8. The van der Waals surface area contributed by atoms with Crippen molar-refractivity contribution >= 4 is 0 Å². The average molecular weight is 447 g/mol. The Bertz CT molecular complexity index is 482. The molecule has 6 nitrogen and oxygen atoms in total. The summed E-state index contributed by atoms with van der Waals surface area (Å²) in [5, 5.41) is 0. The Kier molecular flexibility index (Phi) is 11.9. The first-order valence-electron chi connectivity index (χ1n) is 12.0. The summed E-state index contributed by atoms with van der Waals surface area (Å²) in [5.41, 5.74) is -0.956. The van der Waals surface area contributed by atoms with E-state index in [9.17, 15) is 0 Å². The lowest BCUT2D eigenvalue weighted by Crippen LogP contribution is -2.47. The van der Waals surface area contributed by atoms with Crippen LogP contribution in [0.1, 0.15) is 81.6 Å². The van der Waals surface area contributed by atoms with Gasteiger partial charge in [-0.05, 0) is 60.8 Å². The fourth-order valence-corrected chi connectivity index (χ4v) is 2.76. The van der Waals surface area contributed by atoms with Crippen LogP contribution in [0.15, 0.2) is 0 Å². The molecule has 0 radical (unpaired) electrons. The second kappa shape index (κ2) is 12.9. The monoisotopic (exact) mass is 446 g/mol. The van der Waals surface area contributed by atoms with Gasteiger partial charge in [-0.2, -0.15) is 0 Å². The molecule has 31 heavy (non-hydrogen) atoms. The smallest absolute Gasteiger partial charge is 0.104 e. The van der Waals surface area contributed by atoms with Crippen molar-refractivity contribution < 1.29 is 28.4 Å². The molecule has 1 saturated heterocycles. The van der Waals surface area contributed by atoms with E-state index in [-0.39, 0.29) is 22.2 Å². The van der Waals surface area contributed by atoms with Gasteiger partial charge in [0.05, 0.1) is 56.4 Å². The van der Waals surface area contributed by atoms with Gasteiger partial charge in [-0.15, -0.1) is 0 Å². The van der Waals surface area contributed by atoms with Gasteiger partial charge in [-0.1, -0.05) is 20.8 Å². The molecule has 1 aliphatic rings. The van der Waals surface area contributed by atoms with Crippen LogP contribution in [-0.4, -0.2) is 75.8 Å². The summed E-state index contributed by atoms with van der Waals surface area (Å²) in [4.78, 5) is 0. The largest absolute Gasteiger partial charge is 0.379 e. The molecule has 6 heteroatoms. The summed E-state index contributed by atoms with van der Waals surface area (Å²) in [6, 6.07) is 0. The summed E-state index contributed by atoms with van der Waals surface area (Å²) in [6.07, 6.45) is 3.02. The second-order valence-corrected chi connectivity index (χ2v) is 11.0. The SMILES string of the molecule is CCCOCCOC(C)(C)CCOC(C)(C)C(C)(C)COC(C)(C)CCOCC1CO1. The molecule has 0 aromatic carbocycles. The molecule has 1 aliphatic heterocycles. The van der Waals surface area contributed by atoms with E-state index in [0.29, 0.717) is 45.7 Å². The minimum atomic E-state index is -0.330. The molecule has 0 bridgehead atoms. The van der Waals surface area contributed by atoms with Gasteiger partial charge in [0.1, 0.15) is 6.10 Å². The topological polar surface area (TPSA) is 58.7 Å². The molecular formula is C25H50O6. The minimum absolute atomic E-state index is 0.147. The maximum absolute atomic E-state index is 6.34. The number of hydrogen-bond acceptors (Lipinski definition) is 6. The number of ether oxygens (including phenoxy) is 6. The van der Waals surface area contributed by atoms with Crippen molar-refractivity contribution in [3.8, 4) is 0 Å². The van der Waals surface area contributed by atoms with E-state index in [1.807, 2.05) is 0 Å². The second-order valence-electron chi connectivity index (χ2n) is 11.0. The third-order valence-electron chi connectivity index (χ3n) is 6.24. The maximum Gasteiger partial charge on any atom is 0.104 e. The van der Waals surface area contributed by atoms with Gasteiger partial charge in [-0.3, -0.25) is 0 Å². The molecule has 0 aromatic rings. The Morgan fingerprint density at radius 2 is 1.32 bits per heavy atom. The van der Waals surface area contributed by atoms with Gasteiger partial charge in [0, 0.05) is 18.6 Å². The quantitative estimate of drug-likeness (QED) is 0.205. The third-order valence-corrected chi connectivity index (χ3v) is 6.24. The van der Waals surface area contributed by atoms with E-state index < -0.39 is 0 Å². The van der Waals surface area contributed by atoms with Gasteiger partial charge < -0.3 is 28.4 Å². The predicted octanol–water partition coefficient (Wildman–Crippen LogP) is 5.02. The zero-order valence-corrected chi connectivity index (χ0v) is 21.8. The van der Waals surface area contributed by atoms with Crippen molar-refractivity contribution in [1.29, 1.82) is 0 Å². The highest BCUT2D eigenvalue weighted by molar-refractivity contribution is 4.89. The van der Waals surface area contributed by atoms with Crippen LogP contribution in [-0.2, 0) is 28.4 Å². The Morgan fingerprint density at radius 1 is 0.710 bits per heavy atom. The summed E-state index contributed by atoms with van der Waals surface area (Å²) >= 11 is 0. The molecular weight excluding hydrogens is 396 g/mol.